The van der Waals surface area contributed by atoms with Gasteiger partial charge >= 0.3 is 0 Å². The molecular formula is C18H12BrFN2O. The van der Waals surface area contributed by atoms with Crippen LogP contribution in [0.3, 0.4) is 0 Å². The summed E-state index contributed by atoms with van der Waals surface area (Å²) in [6.45, 7) is 0. The SMILES string of the molecule is O=C(Nc1cccc(Br)c1)c1ccc(-c2cccc(F)c2)nc1. The number of rotatable bonds is 3. The number of aromatic nitrogens is 1. The minimum absolute atomic E-state index is 0.249. The Kier molecular flexibility index (Phi) is 4.48. The first-order valence-corrected chi connectivity index (χ1v) is 7.70. The molecule has 0 saturated carbocycles. The van der Waals surface area contributed by atoms with Gasteiger partial charge in [0.25, 0.3) is 5.91 Å². The van der Waals surface area contributed by atoms with Gasteiger partial charge in [0.1, 0.15) is 5.82 Å². The molecule has 0 saturated heterocycles. The zero-order valence-electron chi connectivity index (χ0n) is 12.0. The highest BCUT2D eigenvalue weighted by Crippen LogP contribution is 2.19. The molecule has 0 bridgehead atoms. The number of hydrogen-bond donors (Lipinski definition) is 1. The Labute approximate surface area is 141 Å². The maximum Gasteiger partial charge on any atom is 0.257 e. The van der Waals surface area contributed by atoms with E-state index >= 15 is 0 Å². The van der Waals surface area contributed by atoms with Gasteiger partial charge in [0.05, 0.1) is 11.3 Å². The number of benzene rings is 2. The number of pyridine rings is 1. The molecule has 0 fully saturated rings. The van der Waals surface area contributed by atoms with E-state index in [0.29, 0.717) is 22.5 Å². The second-order valence-corrected chi connectivity index (χ2v) is 5.82. The normalized spacial score (nSPS) is 10.3. The van der Waals surface area contributed by atoms with Crippen LogP contribution in [-0.4, -0.2) is 10.9 Å². The fourth-order valence-electron chi connectivity index (χ4n) is 2.12. The summed E-state index contributed by atoms with van der Waals surface area (Å²) in [4.78, 5) is 16.4. The van der Waals surface area contributed by atoms with Crippen molar-refractivity contribution in [1.82, 2.24) is 4.98 Å². The maximum absolute atomic E-state index is 13.2. The Morgan fingerprint density at radius 2 is 1.87 bits per heavy atom. The Hall–Kier alpha value is -2.53. The van der Waals surface area contributed by atoms with Crippen molar-refractivity contribution in [3.63, 3.8) is 0 Å². The summed E-state index contributed by atoms with van der Waals surface area (Å²) in [5.41, 5.74) is 2.41. The van der Waals surface area contributed by atoms with Crippen LogP contribution in [0.25, 0.3) is 11.3 Å². The lowest BCUT2D eigenvalue weighted by Gasteiger charge is -2.06. The van der Waals surface area contributed by atoms with E-state index in [0.717, 1.165) is 4.47 Å². The number of carbonyl (C=O) groups excluding carboxylic acids is 1. The fourth-order valence-corrected chi connectivity index (χ4v) is 2.52. The van der Waals surface area contributed by atoms with Crippen LogP contribution in [-0.2, 0) is 0 Å². The van der Waals surface area contributed by atoms with Crippen molar-refractivity contribution in [1.29, 1.82) is 0 Å². The van der Waals surface area contributed by atoms with Gasteiger partial charge in [-0.3, -0.25) is 9.78 Å². The molecule has 0 aliphatic heterocycles. The molecule has 0 aliphatic rings. The van der Waals surface area contributed by atoms with E-state index < -0.39 is 0 Å². The monoisotopic (exact) mass is 370 g/mol. The van der Waals surface area contributed by atoms with Crippen molar-refractivity contribution in [2.75, 3.05) is 5.32 Å². The molecule has 0 radical (unpaired) electrons. The van der Waals surface area contributed by atoms with Crippen LogP contribution >= 0.6 is 15.9 Å². The number of hydrogen-bond acceptors (Lipinski definition) is 2. The summed E-state index contributed by atoms with van der Waals surface area (Å²) in [5, 5.41) is 2.80. The predicted octanol–water partition coefficient (Wildman–Crippen LogP) is 4.90. The number of carbonyl (C=O) groups is 1. The third-order valence-electron chi connectivity index (χ3n) is 3.23. The van der Waals surface area contributed by atoms with Crippen LogP contribution in [0.5, 0.6) is 0 Å². The first-order chi connectivity index (χ1) is 11.1. The van der Waals surface area contributed by atoms with Crippen molar-refractivity contribution in [2.45, 2.75) is 0 Å². The highest BCUT2D eigenvalue weighted by molar-refractivity contribution is 9.10. The van der Waals surface area contributed by atoms with E-state index in [2.05, 4.69) is 26.2 Å². The summed E-state index contributed by atoms with van der Waals surface area (Å²) >= 11 is 3.36. The van der Waals surface area contributed by atoms with Crippen molar-refractivity contribution >= 4 is 27.5 Å². The summed E-state index contributed by atoms with van der Waals surface area (Å²) in [5.74, 6) is -0.567. The zero-order valence-corrected chi connectivity index (χ0v) is 13.5. The lowest BCUT2D eigenvalue weighted by Crippen LogP contribution is -2.12. The molecule has 1 aromatic heterocycles. The van der Waals surface area contributed by atoms with Gasteiger partial charge in [-0.2, -0.15) is 0 Å². The van der Waals surface area contributed by atoms with E-state index in [-0.39, 0.29) is 11.7 Å². The Morgan fingerprint density at radius 1 is 1.04 bits per heavy atom. The van der Waals surface area contributed by atoms with Crippen molar-refractivity contribution in [3.05, 3.63) is 82.7 Å². The van der Waals surface area contributed by atoms with Crippen LogP contribution in [0.2, 0.25) is 0 Å². The standard InChI is InChI=1S/C18H12BrFN2O/c19-14-4-2-6-16(10-14)22-18(23)13-7-8-17(21-11-13)12-3-1-5-15(20)9-12/h1-11H,(H,22,23). The number of halogens is 2. The molecule has 3 aromatic rings. The molecule has 0 atom stereocenters. The molecule has 0 aliphatic carbocycles. The second kappa shape index (κ2) is 6.71. The minimum Gasteiger partial charge on any atom is -0.322 e. The van der Waals surface area contributed by atoms with Crippen LogP contribution < -0.4 is 5.32 Å². The van der Waals surface area contributed by atoms with Crippen LogP contribution in [0.15, 0.2) is 71.3 Å². The van der Waals surface area contributed by atoms with Crippen molar-refractivity contribution in [2.24, 2.45) is 0 Å². The molecule has 1 amide bonds. The summed E-state index contributed by atoms with van der Waals surface area (Å²) in [6, 6.07) is 16.9. The van der Waals surface area contributed by atoms with Gasteiger partial charge in [-0.05, 0) is 42.5 Å². The molecule has 1 heterocycles. The third kappa shape index (κ3) is 3.81. The van der Waals surface area contributed by atoms with Gasteiger partial charge in [0, 0.05) is 21.9 Å². The van der Waals surface area contributed by atoms with Gasteiger partial charge in [0.2, 0.25) is 0 Å². The Morgan fingerprint density at radius 3 is 2.57 bits per heavy atom. The molecular weight excluding hydrogens is 359 g/mol. The highest BCUT2D eigenvalue weighted by Gasteiger charge is 2.08. The predicted molar refractivity (Wildman–Crippen MR) is 91.7 cm³/mol. The van der Waals surface area contributed by atoms with Crippen LogP contribution in [0.4, 0.5) is 10.1 Å². The molecule has 0 spiro atoms. The molecule has 114 valence electrons. The lowest BCUT2D eigenvalue weighted by molar-refractivity contribution is 0.102. The maximum atomic E-state index is 13.2. The van der Waals surface area contributed by atoms with E-state index in [1.165, 1.54) is 18.3 Å². The number of nitrogens with zero attached hydrogens (tertiary/aromatic N) is 1. The van der Waals surface area contributed by atoms with E-state index in [1.807, 2.05) is 18.2 Å². The third-order valence-corrected chi connectivity index (χ3v) is 3.72. The Bertz CT molecular complexity index is 850. The summed E-state index contributed by atoms with van der Waals surface area (Å²) < 4.78 is 14.1. The quantitative estimate of drug-likeness (QED) is 0.712. The van der Waals surface area contributed by atoms with Crippen LogP contribution in [0.1, 0.15) is 10.4 Å². The van der Waals surface area contributed by atoms with Crippen LogP contribution in [0, 0.1) is 5.82 Å². The number of anilines is 1. The first-order valence-electron chi connectivity index (χ1n) is 6.91. The minimum atomic E-state index is -0.319. The topological polar surface area (TPSA) is 42.0 Å². The van der Waals surface area contributed by atoms with Crippen molar-refractivity contribution < 1.29 is 9.18 Å². The molecule has 3 nitrogen and oxygen atoms in total. The van der Waals surface area contributed by atoms with Gasteiger partial charge < -0.3 is 5.32 Å². The summed E-state index contributed by atoms with van der Waals surface area (Å²) in [6.07, 6.45) is 1.48. The molecule has 5 heteroatoms. The average molecular weight is 371 g/mol. The fraction of sp³-hybridized carbons (Fsp3) is 0. The number of nitrogens with one attached hydrogen (secondary N) is 1. The van der Waals surface area contributed by atoms with Gasteiger partial charge in [-0.1, -0.05) is 34.1 Å². The van der Waals surface area contributed by atoms with E-state index in [1.54, 1.807) is 30.3 Å². The first kappa shape index (κ1) is 15.4. The number of amides is 1. The Balaban J connectivity index is 1.78. The van der Waals surface area contributed by atoms with Gasteiger partial charge in [0.15, 0.2) is 0 Å². The molecule has 0 unspecified atom stereocenters. The van der Waals surface area contributed by atoms with Crippen molar-refractivity contribution in [3.8, 4) is 11.3 Å². The van der Waals surface area contributed by atoms with Gasteiger partial charge in [-0.25, -0.2) is 4.39 Å². The molecule has 23 heavy (non-hydrogen) atoms. The average Bonchev–Trinajstić information content (AvgIpc) is 2.55. The summed E-state index contributed by atoms with van der Waals surface area (Å²) in [7, 11) is 0. The highest BCUT2D eigenvalue weighted by atomic mass is 79.9. The lowest BCUT2D eigenvalue weighted by atomic mass is 10.1. The largest absolute Gasteiger partial charge is 0.322 e. The van der Waals surface area contributed by atoms with E-state index in [9.17, 15) is 9.18 Å². The van der Waals surface area contributed by atoms with Gasteiger partial charge in [-0.15, -0.1) is 0 Å². The molecule has 1 N–H and O–H groups in total. The zero-order chi connectivity index (χ0) is 16.2. The molecule has 3 rings (SSSR count). The molecule has 2 aromatic carbocycles. The second-order valence-electron chi connectivity index (χ2n) is 4.91. The van der Waals surface area contributed by atoms with E-state index in [4.69, 9.17) is 0 Å². The smallest absolute Gasteiger partial charge is 0.257 e.